The molecule has 8 nitrogen and oxygen atoms in total. The minimum Gasteiger partial charge on any atom is -0.490 e. The molecule has 0 radical (unpaired) electrons. The summed E-state index contributed by atoms with van der Waals surface area (Å²) in [6.45, 7) is 2.11. The zero-order valence-electron chi connectivity index (χ0n) is 17.2. The van der Waals surface area contributed by atoms with Crippen molar-refractivity contribution < 1.29 is 14.3 Å². The van der Waals surface area contributed by atoms with Crippen LogP contribution >= 0.6 is 0 Å². The second kappa shape index (κ2) is 9.98. The number of hydrogen-bond acceptors (Lipinski definition) is 7. The smallest absolute Gasteiger partial charge is 0.338 e. The molecular weight excluding hydrogens is 396 g/mol. The Morgan fingerprint density at radius 2 is 1.77 bits per heavy atom. The Hall–Kier alpha value is -4.25. The number of esters is 1. The average molecular weight is 418 g/mol. The molecule has 2 aromatic carbocycles. The summed E-state index contributed by atoms with van der Waals surface area (Å²) >= 11 is 0. The molecule has 2 N–H and O–H groups in total. The molecule has 0 aliphatic carbocycles. The first-order valence-electron chi connectivity index (χ1n) is 9.57. The van der Waals surface area contributed by atoms with Crippen LogP contribution in [0.25, 0.3) is 0 Å². The Balaban J connectivity index is 1.52. The van der Waals surface area contributed by atoms with Crippen LogP contribution in [-0.2, 0) is 11.8 Å². The van der Waals surface area contributed by atoms with Crippen LogP contribution < -0.4 is 21.1 Å². The van der Waals surface area contributed by atoms with Gasteiger partial charge in [0.2, 0.25) is 0 Å². The molecule has 0 atom stereocenters. The lowest BCUT2D eigenvalue weighted by Crippen LogP contribution is -2.23. The number of pyridine rings is 1. The largest absolute Gasteiger partial charge is 0.490 e. The molecule has 158 valence electrons. The van der Waals surface area contributed by atoms with Crippen LogP contribution in [0.15, 0.2) is 65.6 Å². The van der Waals surface area contributed by atoms with Gasteiger partial charge in [0.15, 0.2) is 0 Å². The summed E-state index contributed by atoms with van der Waals surface area (Å²) in [5.74, 6) is 0.279. The number of carbonyl (C=O) groups is 1. The highest BCUT2D eigenvalue weighted by atomic mass is 16.6. The van der Waals surface area contributed by atoms with Gasteiger partial charge in [0.05, 0.1) is 16.9 Å². The molecule has 0 spiro atoms. The monoisotopic (exact) mass is 418 g/mol. The maximum atomic E-state index is 12.2. The minimum atomic E-state index is -0.441. The molecule has 0 saturated heterocycles. The first-order valence-corrected chi connectivity index (χ1v) is 9.57. The van der Waals surface area contributed by atoms with Gasteiger partial charge in [-0.05, 0) is 48.9 Å². The maximum absolute atomic E-state index is 12.2. The number of nitriles is 1. The van der Waals surface area contributed by atoms with Crippen molar-refractivity contribution >= 4 is 17.3 Å². The third-order valence-corrected chi connectivity index (χ3v) is 4.54. The van der Waals surface area contributed by atoms with E-state index in [1.807, 2.05) is 36.4 Å². The highest BCUT2D eigenvalue weighted by Gasteiger charge is 2.11. The number of rotatable bonds is 8. The zero-order chi connectivity index (χ0) is 22.2. The van der Waals surface area contributed by atoms with Crippen LogP contribution in [0.3, 0.4) is 0 Å². The summed E-state index contributed by atoms with van der Waals surface area (Å²) in [6.07, 6.45) is 1.61. The number of benzene rings is 2. The Morgan fingerprint density at radius 3 is 2.45 bits per heavy atom. The van der Waals surface area contributed by atoms with E-state index in [9.17, 15) is 14.9 Å². The molecule has 1 heterocycles. The van der Waals surface area contributed by atoms with Crippen molar-refractivity contribution in [2.75, 3.05) is 24.1 Å². The molecule has 0 unspecified atom stereocenters. The highest BCUT2D eigenvalue weighted by Crippen LogP contribution is 2.17. The van der Waals surface area contributed by atoms with Crippen molar-refractivity contribution in [3.8, 4) is 11.8 Å². The Kier molecular flexibility index (Phi) is 6.91. The molecular formula is C23H22N4O4. The van der Waals surface area contributed by atoms with Crippen molar-refractivity contribution in [3.05, 3.63) is 87.8 Å². The molecule has 0 saturated carbocycles. The topological polar surface area (TPSA) is 105 Å². The second-order valence-electron chi connectivity index (χ2n) is 6.70. The number of para-hydroxylation sites is 1. The van der Waals surface area contributed by atoms with Crippen LogP contribution in [-0.4, -0.2) is 23.8 Å². The normalized spacial score (nSPS) is 10.1. The number of nitrogens with one attached hydrogen (secondary N) is 2. The standard InChI is InChI=1S/C23H22N4O4/c1-16-20(14-24)22(28)27(2)15-21(16)26-25-18-10-8-17(9-11-18)23(29)31-13-12-30-19-6-4-3-5-7-19/h3-11,15,25-26H,12-13H2,1-2H3. The van der Waals surface area contributed by atoms with E-state index in [-0.39, 0.29) is 24.3 Å². The summed E-state index contributed by atoms with van der Waals surface area (Å²) in [5, 5.41) is 9.19. The number of aryl methyl sites for hydroxylation is 1. The summed E-state index contributed by atoms with van der Waals surface area (Å²) < 4.78 is 12.1. The zero-order valence-corrected chi connectivity index (χ0v) is 17.2. The molecule has 3 rings (SSSR count). The lowest BCUT2D eigenvalue weighted by atomic mass is 10.1. The first-order chi connectivity index (χ1) is 15.0. The van der Waals surface area contributed by atoms with Gasteiger partial charge in [-0.15, -0.1) is 0 Å². The molecule has 8 heteroatoms. The van der Waals surface area contributed by atoms with E-state index >= 15 is 0 Å². The predicted octanol–water partition coefficient (Wildman–Crippen LogP) is 3.24. The lowest BCUT2D eigenvalue weighted by Gasteiger charge is -2.14. The van der Waals surface area contributed by atoms with E-state index < -0.39 is 5.97 Å². The molecule has 0 aliphatic rings. The molecule has 0 fully saturated rings. The van der Waals surface area contributed by atoms with Crippen molar-refractivity contribution in [2.45, 2.75) is 6.92 Å². The van der Waals surface area contributed by atoms with E-state index in [0.717, 1.165) is 5.75 Å². The lowest BCUT2D eigenvalue weighted by molar-refractivity contribution is 0.0450. The van der Waals surface area contributed by atoms with Gasteiger partial charge in [-0.1, -0.05) is 18.2 Å². The average Bonchev–Trinajstić information content (AvgIpc) is 2.79. The van der Waals surface area contributed by atoms with Crippen molar-refractivity contribution in [1.82, 2.24) is 4.57 Å². The highest BCUT2D eigenvalue weighted by molar-refractivity contribution is 5.89. The number of aromatic nitrogens is 1. The van der Waals surface area contributed by atoms with Gasteiger partial charge in [-0.2, -0.15) is 5.26 Å². The number of anilines is 2. The second-order valence-corrected chi connectivity index (χ2v) is 6.70. The number of carbonyl (C=O) groups excluding carboxylic acids is 1. The number of hydrogen-bond donors (Lipinski definition) is 2. The number of nitrogens with zero attached hydrogens (tertiary/aromatic N) is 2. The quantitative estimate of drug-likeness (QED) is 0.329. The number of hydrazine groups is 1. The van der Waals surface area contributed by atoms with Gasteiger partial charge in [0.25, 0.3) is 5.56 Å². The van der Waals surface area contributed by atoms with Crippen molar-refractivity contribution in [3.63, 3.8) is 0 Å². The van der Waals surface area contributed by atoms with Crippen molar-refractivity contribution in [1.29, 1.82) is 5.26 Å². The fourth-order valence-corrected chi connectivity index (χ4v) is 2.80. The van der Waals surface area contributed by atoms with Crippen LogP contribution in [0.1, 0.15) is 21.5 Å². The van der Waals surface area contributed by atoms with E-state index in [1.54, 1.807) is 44.4 Å². The van der Waals surface area contributed by atoms with Crippen LogP contribution in [0.4, 0.5) is 11.4 Å². The van der Waals surface area contributed by atoms with Gasteiger partial charge < -0.3 is 19.5 Å². The van der Waals surface area contributed by atoms with Gasteiger partial charge >= 0.3 is 5.97 Å². The van der Waals surface area contributed by atoms with Crippen LogP contribution in [0, 0.1) is 18.3 Å². The maximum Gasteiger partial charge on any atom is 0.338 e. The molecule has 0 aliphatic heterocycles. The van der Waals surface area contributed by atoms with Crippen molar-refractivity contribution in [2.24, 2.45) is 7.05 Å². The SMILES string of the molecule is Cc1c(NNc2ccc(C(=O)OCCOc3ccccc3)cc2)cn(C)c(=O)c1C#N. The Labute approximate surface area is 179 Å². The van der Waals surface area contributed by atoms with E-state index in [2.05, 4.69) is 10.9 Å². The fourth-order valence-electron chi connectivity index (χ4n) is 2.80. The Bertz CT molecular complexity index is 1150. The predicted molar refractivity (Wildman–Crippen MR) is 117 cm³/mol. The Morgan fingerprint density at radius 1 is 1.06 bits per heavy atom. The number of ether oxygens (including phenoxy) is 2. The van der Waals surface area contributed by atoms with Gasteiger partial charge in [-0.3, -0.25) is 10.2 Å². The summed E-state index contributed by atoms with van der Waals surface area (Å²) in [6, 6.07) is 17.9. The van der Waals surface area contributed by atoms with E-state index in [1.165, 1.54) is 4.57 Å². The van der Waals surface area contributed by atoms with Gasteiger partial charge in [0.1, 0.15) is 30.6 Å². The molecule has 1 aromatic heterocycles. The minimum absolute atomic E-state index is 0.0867. The summed E-state index contributed by atoms with van der Waals surface area (Å²) in [4.78, 5) is 24.1. The van der Waals surface area contributed by atoms with Crippen LogP contribution in [0.2, 0.25) is 0 Å². The van der Waals surface area contributed by atoms with E-state index in [4.69, 9.17) is 9.47 Å². The molecule has 31 heavy (non-hydrogen) atoms. The van der Waals surface area contributed by atoms with E-state index in [0.29, 0.717) is 22.5 Å². The summed E-state index contributed by atoms with van der Waals surface area (Å²) in [5.41, 5.74) is 7.97. The fraction of sp³-hybridized carbons (Fsp3) is 0.174. The van der Waals surface area contributed by atoms with Gasteiger partial charge in [0, 0.05) is 13.2 Å². The first kappa shape index (κ1) is 21.5. The van der Waals surface area contributed by atoms with Gasteiger partial charge in [-0.25, -0.2) is 4.79 Å². The third-order valence-electron chi connectivity index (χ3n) is 4.54. The summed E-state index contributed by atoms with van der Waals surface area (Å²) in [7, 11) is 1.58. The molecule has 0 amide bonds. The third kappa shape index (κ3) is 5.42. The van der Waals surface area contributed by atoms with Crippen LogP contribution in [0.5, 0.6) is 5.75 Å². The molecule has 0 bridgehead atoms. The molecule has 3 aromatic rings.